The van der Waals surface area contributed by atoms with Crippen molar-refractivity contribution in [3.63, 3.8) is 0 Å². The first-order chi connectivity index (χ1) is 11.3. The van der Waals surface area contributed by atoms with Crippen LogP contribution in [0.25, 0.3) is 0 Å². The summed E-state index contributed by atoms with van der Waals surface area (Å²) in [4.78, 5) is 13.6. The number of sulfonamides is 1. The van der Waals surface area contributed by atoms with Gasteiger partial charge < -0.3 is 14.4 Å². The number of carbonyl (C=O) groups excluding carboxylic acids is 1. The highest BCUT2D eigenvalue weighted by atomic mass is 32.2. The van der Waals surface area contributed by atoms with Gasteiger partial charge in [-0.3, -0.25) is 4.79 Å². The molecule has 1 spiro atoms. The van der Waals surface area contributed by atoms with Crippen molar-refractivity contribution in [3.8, 4) is 0 Å². The lowest BCUT2D eigenvalue weighted by Gasteiger charge is -2.42. The summed E-state index contributed by atoms with van der Waals surface area (Å²) >= 11 is 0. The number of halogens is 1. The van der Waals surface area contributed by atoms with Crippen molar-refractivity contribution in [1.29, 1.82) is 0 Å². The van der Waals surface area contributed by atoms with E-state index in [9.17, 15) is 17.6 Å². The Labute approximate surface area is 140 Å². The van der Waals surface area contributed by atoms with Crippen LogP contribution in [0.4, 0.5) is 10.1 Å². The molecular weight excluding hydrogens is 339 g/mol. The van der Waals surface area contributed by atoms with Gasteiger partial charge in [0, 0.05) is 18.8 Å². The topological polar surface area (TPSA) is 76.2 Å². The van der Waals surface area contributed by atoms with E-state index in [0.717, 1.165) is 6.26 Å². The van der Waals surface area contributed by atoms with Crippen LogP contribution in [0, 0.1) is 5.82 Å². The molecule has 0 bridgehead atoms. The Morgan fingerprint density at radius 2 is 2.08 bits per heavy atom. The van der Waals surface area contributed by atoms with Crippen molar-refractivity contribution < 1.29 is 27.1 Å². The number of carbonyl (C=O) groups is 1. The SMILES string of the molecule is CS(=O)(=O)N1CCOCC2(CN(c3cccc(F)c3)C(=O)CO2)C1. The molecule has 7 nitrogen and oxygen atoms in total. The van der Waals surface area contributed by atoms with E-state index in [2.05, 4.69) is 0 Å². The first kappa shape index (κ1) is 17.3. The molecule has 0 radical (unpaired) electrons. The summed E-state index contributed by atoms with van der Waals surface area (Å²) in [5.74, 6) is -0.753. The number of ether oxygens (including phenoxy) is 2. The summed E-state index contributed by atoms with van der Waals surface area (Å²) < 4.78 is 49.8. The quantitative estimate of drug-likeness (QED) is 0.756. The summed E-state index contributed by atoms with van der Waals surface area (Å²) in [5.41, 5.74) is -0.558. The van der Waals surface area contributed by atoms with Gasteiger partial charge >= 0.3 is 0 Å². The highest BCUT2D eigenvalue weighted by Gasteiger charge is 2.44. The monoisotopic (exact) mass is 358 g/mol. The molecule has 2 aliphatic rings. The molecule has 3 rings (SSSR count). The molecule has 132 valence electrons. The molecule has 24 heavy (non-hydrogen) atoms. The molecule has 2 heterocycles. The highest BCUT2D eigenvalue weighted by molar-refractivity contribution is 7.88. The lowest BCUT2D eigenvalue weighted by atomic mass is 10.0. The lowest BCUT2D eigenvalue weighted by molar-refractivity contribution is -0.145. The normalized spacial score (nSPS) is 26.6. The number of benzene rings is 1. The average molecular weight is 358 g/mol. The molecule has 2 aliphatic heterocycles. The van der Waals surface area contributed by atoms with Crippen molar-refractivity contribution in [1.82, 2.24) is 4.31 Å². The maximum Gasteiger partial charge on any atom is 0.253 e. The predicted molar refractivity (Wildman–Crippen MR) is 84.7 cm³/mol. The molecule has 2 fully saturated rings. The zero-order valence-electron chi connectivity index (χ0n) is 13.3. The van der Waals surface area contributed by atoms with Crippen LogP contribution < -0.4 is 4.90 Å². The molecule has 0 aromatic heterocycles. The number of hydrogen-bond acceptors (Lipinski definition) is 5. The molecule has 1 atom stereocenters. The van der Waals surface area contributed by atoms with Crippen molar-refractivity contribution >= 4 is 21.6 Å². The van der Waals surface area contributed by atoms with Crippen LogP contribution in [0.5, 0.6) is 0 Å². The number of morpholine rings is 1. The largest absolute Gasteiger partial charge is 0.377 e. The third-order valence-electron chi connectivity index (χ3n) is 4.15. The molecule has 0 saturated carbocycles. The van der Waals surface area contributed by atoms with Crippen LogP contribution in [-0.4, -0.2) is 69.9 Å². The zero-order chi connectivity index (χ0) is 17.4. The summed E-state index contributed by atoms with van der Waals surface area (Å²) in [6.45, 7) is 0.631. The van der Waals surface area contributed by atoms with Gasteiger partial charge in [0.25, 0.3) is 5.91 Å². The third-order valence-corrected chi connectivity index (χ3v) is 5.40. The van der Waals surface area contributed by atoms with Gasteiger partial charge in [-0.2, -0.15) is 4.31 Å². The predicted octanol–water partition coefficient (Wildman–Crippen LogP) is 0.219. The Morgan fingerprint density at radius 1 is 1.29 bits per heavy atom. The molecule has 2 saturated heterocycles. The maximum atomic E-state index is 13.5. The molecule has 0 aliphatic carbocycles. The second-order valence-corrected chi connectivity index (χ2v) is 8.06. The molecule has 1 amide bonds. The smallest absolute Gasteiger partial charge is 0.253 e. The van der Waals surface area contributed by atoms with Gasteiger partial charge in [-0.05, 0) is 18.2 Å². The lowest BCUT2D eigenvalue weighted by Crippen LogP contribution is -2.61. The maximum absolute atomic E-state index is 13.5. The Balaban J connectivity index is 1.89. The van der Waals surface area contributed by atoms with Gasteiger partial charge in [0.15, 0.2) is 0 Å². The molecule has 1 aromatic carbocycles. The third kappa shape index (κ3) is 3.59. The Kier molecular flexibility index (Phi) is 4.60. The molecule has 9 heteroatoms. The first-order valence-corrected chi connectivity index (χ1v) is 9.37. The average Bonchev–Trinajstić information content (AvgIpc) is 2.73. The van der Waals surface area contributed by atoms with E-state index < -0.39 is 21.4 Å². The van der Waals surface area contributed by atoms with Crippen LogP contribution in [0.3, 0.4) is 0 Å². The second kappa shape index (κ2) is 6.40. The molecule has 1 aromatic rings. The fraction of sp³-hybridized carbons (Fsp3) is 0.533. The van der Waals surface area contributed by atoms with Crippen molar-refractivity contribution in [2.75, 3.05) is 50.6 Å². The minimum atomic E-state index is -3.42. The number of amides is 1. The summed E-state index contributed by atoms with van der Waals surface area (Å²) in [7, 11) is -3.42. The van der Waals surface area contributed by atoms with Gasteiger partial charge in [-0.25, -0.2) is 12.8 Å². The molecule has 1 unspecified atom stereocenters. The van der Waals surface area contributed by atoms with Gasteiger partial charge in [-0.15, -0.1) is 0 Å². The molecule has 0 N–H and O–H groups in total. The van der Waals surface area contributed by atoms with Crippen molar-refractivity contribution in [3.05, 3.63) is 30.1 Å². The van der Waals surface area contributed by atoms with Gasteiger partial charge in [-0.1, -0.05) is 6.07 Å². The van der Waals surface area contributed by atoms with Crippen LogP contribution >= 0.6 is 0 Å². The number of hydrogen-bond donors (Lipinski definition) is 0. The van der Waals surface area contributed by atoms with E-state index in [1.54, 1.807) is 6.07 Å². The van der Waals surface area contributed by atoms with Gasteiger partial charge in [0.05, 0.1) is 26.0 Å². The summed E-state index contributed by atoms with van der Waals surface area (Å²) in [5, 5.41) is 0. The van der Waals surface area contributed by atoms with E-state index >= 15 is 0 Å². The Bertz CT molecular complexity index is 741. The number of anilines is 1. The highest BCUT2D eigenvalue weighted by Crippen LogP contribution is 2.28. The van der Waals surface area contributed by atoms with E-state index in [-0.39, 0.29) is 45.4 Å². The van der Waals surface area contributed by atoms with Crippen LogP contribution in [0.15, 0.2) is 24.3 Å². The van der Waals surface area contributed by atoms with E-state index in [0.29, 0.717) is 5.69 Å². The Morgan fingerprint density at radius 3 is 2.79 bits per heavy atom. The first-order valence-electron chi connectivity index (χ1n) is 7.52. The van der Waals surface area contributed by atoms with Gasteiger partial charge in [0.1, 0.15) is 18.0 Å². The fourth-order valence-corrected chi connectivity index (χ4v) is 3.81. The van der Waals surface area contributed by atoms with Crippen molar-refractivity contribution in [2.45, 2.75) is 5.60 Å². The zero-order valence-corrected chi connectivity index (χ0v) is 14.1. The minimum absolute atomic E-state index is 0.0882. The Hall–Kier alpha value is -1.55. The van der Waals surface area contributed by atoms with Crippen LogP contribution in [0.1, 0.15) is 0 Å². The second-order valence-electron chi connectivity index (χ2n) is 6.08. The van der Waals surface area contributed by atoms with E-state index in [1.165, 1.54) is 27.4 Å². The molecular formula is C15H19FN2O5S. The van der Waals surface area contributed by atoms with Crippen LogP contribution in [-0.2, 0) is 24.3 Å². The summed E-state index contributed by atoms with van der Waals surface area (Å²) in [6, 6.07) is 5.71. The number of nitrogens with zero attached hydrogens (tertiary/aromatic N) is 2. The number of rotatable bonds is 2. The summed E-state index contributed by atoms with van der Waals surface area (Å²) in [6.07, 6.45) is 1.13. The van der Waals surface area contributed by atoms with Gasteiger partial charge in [0.2, 0.25) is 10.0 Å². The fourth-order valence-electron chi connectivity index (χ4n) is 2.93. The van der Waals surface area contributed by atoms with Crippen molar-refractivity contribution in [2.24, 2.45) is 0 Å². The van der Waals surface area contributed by atoms with Crippen LogP contribution in [0.2, 0.25) is 0 Å². The van der Waals surface area contributed by atoms with E-state index in [4.69, 9.17) is 9.47 Å². The standard InChI is InChI=1S/C15H19FN2O5S/c1-24(20,21)17-5-6-22-11-15(9-17)10-18(14(19)8-23-15)13-4-2-3-12(16)7-13/h2-4,7H,5-6,8-11H2,1H3. The van der Waals surface area contributed by atoms with E-state index in [1.807, 2.05) is 0 Å². The minimum Gasteiger partial charge on any atom is -0.377 e.